The summed E-state index contributed by atoms with van der Waals surface area (Å²) in [6, 6.07) is 3.94. The summed E-state index contributed by atoms with van der Waals surface area (Å²) in [5.74, 6) is 0.705. The van der Waals surface area contributed by atoms with Gasteiger partial charge in [0.25, 0.3) is 5.91 Å². The zero-order chi connectivity index (χ0) is 15.9. The minimum absolute atomic E-state index is 0.0488. The van der Waals surface area contributed by atoms with Gasteiger partial charge in [-0.25, -0.2) is 0 Å². The molecule has 0 unspecified atom stereocenters. The predicted octanol–water partition coefficient (Wildman–Crippen LogP) is 3.49. The summed E-state index contributed by atoms with van der Waals surface area (Å²) < 4.78 is 1.12. The molecule has 0 saturated carbocycles. The van der Waals surface area contributed by atoms with Crippen molar-refractivity contribution in [2.75, 3.05) is 13.1 Å². The molecule has 1 amide bonds. The van der Waals surface area contributed by atoms with Crippen molar-refractivity contribution >= 4 is 27.5 Å². The summed E-state index contributed by atoms with van der Waals surface area (Å²) in [5, 5.41) is 12.6. The van der Waals surface area contributed by atoms with Crippen LogP contribution in [0.3, 0.4) is 0 Å². The van der Waals surface area contributed by atoms with Crippen molar-refractivity contribution in [3.63, 3.8) is 0 Å². The van der Waals surface area contributed by atoms with Crippen LogP contribution in [0.4, 0.5) is 0 Å². The lowest BCUT2D eigenvalue weighted by atomic mass is 9.78. The Morgan fingerprint density at radius 2 is 2.36 bits per heavy atom. The molecule has 2 aromatic rings. The molecule has 120 valence electrons. The number of aromatic nitrogens is 1. The van der Waals surface area contributed by atoms with E-state index in [0.717, 1.165) is 16.6 Å². The van der Waals surface area contributed by atoms with Gasteiger partial charge in [-0.2, -0.15) is 0 Å². The van der Waals surface area contributed by atoms with Gasteiger partial charge in [0.15, 0.2) is 0 Å². The molecule has 3 heterocycles. The molecule has 0 spiro atoms. The van der Waals surface area contributed by atoms with E-state index in [2.05, 4.69) is 18.8 Å². The van der Waals surface area contributed by atoms with Crippen molar-refractivity contribution in [3.05, 3.63) is 23.2 Å². The van der Waals surface area contributed by atoms with Crippen LogP contribution >= 0.6 is 11.3 Å². The van der Waals surface area contributed by atoms with E-state index in [1.54, 1.807) is 11.3 Å². The fourth-order valence-electron chi connectivity index (χ4n) is 3.34. The van der Waals surface area contributed by atoms with Crippen molar-refractivity contribution in [3.8, 4) is 0 Å². The highest BCUT2D eigenvalue weighted by Crippen LogP contribution is 2.33. The molecule has 1 aliphatic rings. The molecule has 1 aliphatic heterocycles. The van der Waals surface area contributed by atoms with E-state index in [4.69, 9.17) is 0 Å². The lowest BCUT2D eigenvalue weighted by molar-refractivity contribution is -0.0577. The third-order valence-corrected chi connectivity index (χ3v) is 5.59. The minimum atomic E-state index is -0.670. The maximum absolute atomic E-state index is 12.7. The number of nitrogens with one attached hydrogen (secondary N) is 1. The molecule has 0 aromatic carbocycles. The van der Waals surface area contributed by atoms with Crippen LogP contribution < -0.4 is 0 Å². The normalized spacial score (nSPS) is 26.0. The second-order valence-corrected chi connectivity index (χ2v) is 8.01. The van der Waals surface area contributed by atoms with E-state index >= 15 is 0 Å². The molecular weight excluding hydrogens is 296 g/mol. The zero-order valence-corrected chi connectivity index (χ0v) is 14.2. The fraction of sp³-hybridized carbons (Fsp3) is 0.588. The van der Waals surface area contributed by atoms with E-state index in [1.807, 2.05) is 29.3 Å². The fourth-order valence-corrected chi connectivity index (χ4v) is 4.12. The number of nitrogens with zero attached hydrogens (tertiary/aromatic N) is 1. The van der Waals surface area contributed by atoms with Gasteiger partial charge >= 0.3 is 0 Å². The molecule has 0 bridgehead atoms. The smallest absolute Gasteiger partial charge is 0.270 e. The van der Waals surface area contributed by atoms with Crippen molar-refractivity contribution in [2.24, 2.45) is 11.8 Å². The van der Waals surface area contributed by atoms with Gasteiger partial charge in [-0.3, -0.25) is 4.79 Å². The second-order valence-electron chi connectivity index (χ2n) is 7.07. The third-order valence-electron chi connectivity index (χ3n) is 4.72. The number of likely N-dealkylation sites (tertiary alicyclic amines) is 1. The summed E-state index contributed by atoms with van der Waals surface area (Å²) in [4.78, 5) is 17.8. The lowest BCUT2D eigenvalue weighted by Crippen LogP contribution is -2.52. The molecule has 4 nitrogen and oxygen atoms in total. The van der Waals surface area contributed by atoms with Crippen LogP contribution in [-0.4, -0.2) is 39.6 Å². The number of H-pyrrole nitrogens is 1. The number of aromatic amines is 1. The number of amides is 1. The summed E-state index contributed by atoms with van der Waals surface area (Å²) >= 11 is 1.64. The molecule has 1 fully saturated rings. The number of carbonyl (C=O) groups excluding carboxylic acids is 1. The molecule has 22 heavy (non-hydrogen) atoms. The van der Waals surface area contributed by atoms with Crippen LogP contribution in [0.25, 0.3) is 10.2 Å². The van der Waals surface area contributed by atoms with Gasteiger partial charge in [0.05, 0.1) is 15.8 Å². The van der Waals surface area contributed by atoms with Gasteiger partial charge < -0.3 is 15.0 Å². The number of carbonyl (C=O) groups is 1. The summed E-state index contributed by atoms with van der Waals surface area (Å²) in [6.45, 7) is 7.49. The van der Waals surface area contributed by atoms with E-state index in [-0.39, 0.29) is 11.8 Å². The molecule has 2 N–H and O–H groups in total. The van der Waals surface area contributed by atoms with Gasteiger partial charge in [0, 0.05) is 19.0 Å². The highest BCUT2D eigenvalue weighted by molar-refractivity contribution is 7.17. The first-order chi connectivity index (χ1) is 10.4. The standard InChI is InChI=1S/C17H24N2O2S/c1-11(2)8-12-10-19(6-5-17(12,3)21)16(20)14-9-15-13(18-14)4-7-22-15/h4,7,9,11-12,18,21H,5-6,8,10H2,1-3H3/t12-,17+/m1/s1. The molecule has 5 heteroatoms. The molecule has 0 aliphatic carbocycles. The average Bonchev–Trinajstić information content (AvgIpc) is 3.00. The molecule has 2 aromatic heterocycles. The minimum Gasteiger partial charge on any atom is -0.390 e. The third kappa shape index (κ3) is 2.92. The van der Waals surface area contributed by atoms with Crippen molar-refractivity contribution in [2.45, 2.75) is 39.2 Å². The molecular formula is C17H24N2O2S. The van der Waals surface area contributed by atoms with Crippen LogP contribution in [-0.2, 0) is 0 Å². The highest BCUT2D eigenvalue weighted by Gasteiger charge is 2.39. The first-order valence-electron chi connectivity index (χ1n) is 7.94. The second kappa shape index (κ2) is 5.70. The Morgan fingerprint density at radius 3 is 3.05 bits per heavy atom. The Bertz CT molecular complexity index is 643. The molecule has 2 atom stereocenters. The molecule has 3 rings (SSSR count). The molecule has 0 radical (unpaired) electrons. The highest BCUT2D eigenvalue weighted by atomic mass is 32.1. The lowest BCUT2D eigenvalue weighted by Gasteiger charge is -2.43. The number of piperidine rings is 1. The Morgan fingerprint density at radius 1 is 1.59 bits per heavy atom. The van der Waals surface area contributed by atoms with Gasteiger partial charge in [-0.1, -0.05) is 13.8 Å². The molecule has 1 saturated heterocycles. The Kier molecular flexibility index (Phi) is 4.03. The zero-order valence-electron chi connectivity index (χ0n) is 13.4. The van der Waals surface area contributed by atoms with Crippen LogP contribution in [0.15, 0.2) is 17.5 Å². The number of aliphatic hydroxyl groups is 1. The Labute approximate surface area is 135 Å². The Balaban J connectivity index is 1.76. The van der Waals surface area contributed by atoms with Crippen LogP contribution in [0.5, 0.6) is 0 Å². The van der Waals surface area contributed by atoms with Crippen molar-refractivity contribution in [1.29, 1.82) is 0 Å². The van der Waals surface area contributed by atoms with E-state index in [9.17, 15) is 9.90 Å². The van der Waals surface area contributed by atoms with E-state index in [1.165, 1.54) is 0 Å². The Hall–Kier alpha value is -1.33. The van der Waals surface area contributed by atoms with E-state index < -0.39 is 5.60 Å². The summed E-state index contributed by atoms with van der Waals surface area (Å²) in [5.41, 5.74) is 1.01. The number of fused-ring (bicyclic) bond motifs is 1. The van der Waals surface area contributed by atoms with Crippen LogP contribution in [0.2, 0.25) is 0 Å². The van der Waals surface area contributed by atoms with Gasteiger partial charge in [-0.05, 0) is 43.2 Å². The number of hydrogen-bond acceptors (Lipinski definition) is 3. The maximum Gasteiger partial charge on any atom is 0.270 e. The maximum atomic E-state index is 12.7. The van der Waals surface area contributed by atoms with Crippen LogP contribution in [0.1, 0.15) is 44.1 Å². The van der Waals surface area contributed by atoms with Crippen molar-refractivity contribution < 1.29 is 9.90 Å². The monoisotopic (exact) mass is 320 g/mol. The van der Waals surface area contributed by atoms with Gasteiger partial charge in [-0.15, -0.1) is 11.3 Å². The first kappa shape index (κ1) is 15.6. The first-order valence-corrected chi connectivity index (χ1v) is 8.82. The van der Waals surface area contributed by atoms with Crippen molar-refractivity contribution in [1.82, 2.24) is 9.88 Å². The largest absolute Gasteiger partial charge is 0.390 e. The summed E-state index contributed by atoms with van der Waals surface area (Å²) in [7, 11) is 0. The van der Waals surface area contributed by atoms with Crippen LogP contribution in [0, 0.1) is 11.8 Å². The van der Waals surface area contributed by atoms with E-state index in [0.29, 0.717) is 31.1 Å². The topological polar surface area (TPSA) is 56.3 Å². The number of hydrogen-bond donors (Lipinski definition) is 2. The number of rotatable bonds is 3. The predicted molar refractivity (Wildman–Crippen MR) is 90.3 cm³/mol. The average molecular weight is 320 g/mol. The quantitative estimate of drug-likeness (QED) is 0.909. The number of thiophene rings is 1. The van der Waals surface area contributed by atoms with Gasteiger partial charge in [0.1, 0.15) is 5.69 Å². The summed E-state index contributed by atoms with van der Waals surface area (Å²) in [6.07, 6.45) is 1.59. The SMILES string of the molecule is CC(C)C[C@@H]1CN(C(=O)c2cc3sccc3[nH]2)CC[C@]1(C)O. The van der Waals surface area contributed by atoms with Gasteiger partial charge in [0.2, 0.25) is 0 Å².